The first-order valence-electron chi connectivity index (χ1n) is 9.09. The predicted molar refractivity (Wildman–Crippen MR) is 111 cm³/mol. The average molecular weight is 356 g/mol. The number of nitrogen functional groups attached to an aromatic ring is 1. The van der Waals surface area contributed by atoms with Crippen molar-refractivity contribution < 1.29 is 9.15 Å². The Bertz CT molecular complexity index is 1310. The van der Waals surface area contributed by atoms with Crippen LogP contribution < -0.4 is 10.5 Å². The Hall–Kier alpha value is -3.40. The van der Waals surface area contributed by atoms with Gasteiger partial charge in [-0.25, -0.2) is 0 Å². The third-order valence-electron chi connectivity index (χ3n) is 5.29. The molecule has 2 N–H and O–H groups in total. The van der Waals surface area contributed by atoms with Crippen LogP contribution in [0.5, 0.6) is 5.75 Å². The lowest BCUT2D eigenvalue weighted by Gasteiger charge is -2.10. The Morgan fingerprint density at radius 2 is 1.78 bits per heavy atom. The highest BCUT2D eigenvalue weighted by Crippen LogP contribution is 2.42. The molecule has 134 valence electrons. The van der Waals surface area contributed by atoms with Crippen LogP contribution in [0.3, 0.4) is 0 Å². The number of nitrogens with zero attached hydrogens (tertiary/aromatic N) is 1. The maximum absolute atomic E-state index is 6.62. The highest BCUT2D eigenvalue weighted by atomic mass is 16.5. The summed E-state index contributed by atoms with van der Waals surface area (Å²) in [7, 11) is 1.68. The van der Waals surface area contributed by atoms with E-state index in [0.717, 1.165) is 62.1 Å². The fourth-order valence-electron chi connectivity index (χ4n) is 4.04. The predicted octanol–water partition coefficient (Wildman–Crippen LogP) is 5.82. The lowest BCUT2D eigenvalue weighted by Crippen LogP contribution is -1.99. The lowest BCUT2D eigenvalue weighted by atomic mass is 10.1. The molecule has 3 aromatic carbocycles. The molecule has 0 aliphatic heterocycles. The van der Waals surface area contributed by atoms with E-state index in [2.05, 4.69) is 35.8 Å². The summed E-state index contributed by atoms with van der Waals surface area (Å²) in [4.78, 5) is 0. The highest BCUT2D eigenvalue weighted by molar-refractivity contribution is 6.12. The van der Waals surface area contributed by atoms with Gasteiger partial charge in [0.2, 0.25) is 0 Å². The molecule has 0 bridgehead atoms. The zero-order valence-electron chi connectivity index (χ0n) is 15.3. The van der Waals surface area contributed by atoms with Crippen LogP contribution in [0.15, 0.2) is 65.1 Å². The van der Waals surface area contributed by atoms with Gasteiger partial charge in [-0.15, -0.1) is 0 Å². The molecule has 0 saturated heterocycles. The minimum Gasteiger partial charge on any atom is -0.497 e. The first-order chi connectivity index (χ1) is 13.2. The van der Waals surface area contributed by atoms with Crippen LogP contribution in [0.4, 0.5) is 5.69 Å². The molecule has 2 aromatic heterocycles. The van der Waals surface area contributed by atoms with Gasteiger partial charge in [-0.1, -0.05) is 30.3 Å². The molecule has 0 saturated carbocycles. The van der Waals surface area contributed by atoms with Crippen LogP contribution in [-0.2, 0) is 6.54 Å². The molecule has 0 amide bonds. The second kappa shape index (κ2) is 5.81. The zero-order chi connectivity index (χ0) is 18.5. The molecule has 0 fully saturated rings. The molecule has 4 nitrogen and oxygen atoms in total. The van der Waals surface area contributed by atoms with Crippen LogP contribution in [-0.4, -0.2) is 11.7 Å². The van der Waals surface area contributed by atoms with Crippen molar-refractivity contribution in [2.24, 2.45) is 0 Å². The number of benzene rings is 3. The molecule has 5 rings (SSSR count). The summed E-state index contributed by atoms with van der Waals surface area (Å²) in [6, 6.07) is 20.4. The Labute approximate surface area is 156 Å². The van der Waals surface area contributed by atoms with E-state index in [9.17, 15) is 0 Å². The van der Waals surface area contributed by atoms with Gasteiger partial charge in [-0.3, -0.25) is 0 Å². The van der Waals surface area contributed by atoms with Crippen molar-refractivity contribution in [2.45, 2.75) is 13.5 Å². The van der Waals surface area contributed by atoms with Gasteiger partial charge < -0.3 is 19.5 Å². The Kier molecular flexibility index (Phi) is 3.41. The van der Waals surface area contributed by atoms with Crippen LogP contribution in [0.2, 0.25) is 0 Å². The molecule has 5 aromatic rings. The molecule has 27 heavy (non-hydrogen) atoms. The summed E-state index contributed by atoms with van der Waals surface area (Å²) in [5.41, 5.74) is 12.2. The van der Waals surface area contributed by atoms with E-state index >= 15 is 0 Å². The largest absolute Gasteiger partial charge is 0.497 e. The van der Waals surface area contributed by atoms with Crippen molar-refractivity contribution in [3.63, 3.8) is 0 Å². The second-order valence-electron chi connectivity index (χ2n) is 6.67. The third-order valence-corrected chi connectivity index (χ3v) is 5.29. The summed E-state index contributed by atoms with van der Waals surface area (Å²) in [5.74, 6) is 0.822. The number of rotatable bonds is 3. The molecule has 0 atom stereocenters. The van der Waals surface area contributed by atoms with Gasteiger partial charge in [-0.2, -0.15) is 0 Å². The van der Waals surface area contributed by atoms with Gasteiger partial charge in [0, 0.05) is 34.3 Å². The highest BCUT2D eigenvalue weighted by Gasteiger charge is 2.20. The number of furan rings is 1. The fourth-order valence-corrected chi connectivity index (χ4v) is 4.04. The number of aryl methyl sites for hydroxylation is 1. The molecule has 0 unspecified atom stereocenters. The summed E-state index contributed by atoms with van der Waals surface area (Å²) in [6.07, 6.45) is 0. The van der Waals surface area contributed by atoms with Gasteiger partial charge in [-0.05, 0) is 31.2 Å². The second-order valence-corrected chi connectivity index (χ2v) is 6.67. The maximum Gasteiger partial charge on any atom is 0.144 e. The number of nitrogens with two attached hydrogens (primary N) is 1. The topological polar surface area (TPSA) is 53.3 Å². The van der Waals surface area contributed by atoms with E-state index < -0.39 is 0 Å². The number of hydrogen-bond acceptors (Lipinski definition) is 3. The van der Waals surface area contributed by atoms with Crippen molar-refractivity contribution in [3.8, 4) is 17.0 Å². The molecule has 2 heterocycles. The van der Waals surface area contributed by atoms with Crippen LogP contribution in [0.25, 0.3) is 44.1 Å². The standard InChI is InChI=1S/C23H20N2O2/c1-3-25-19-13-14(26-2)11-12-17(19)21(24)22(25)18-9-6-8-16-15-7-4-5-10-20(15)27-23(16)18/h4-13H,3,24H2,1-2H3. The van der Waals surface area contributed by atoms with Gasteiger partial charge in [0.05, 0.1) is 24.0 Å². The molecule has 0 aliphatic rings. The zero-order valence-corrected chi connectivity index (χ0v) is 15.3. The van der Waals surface area contributed by atoms with Crippen LogP contribution in [0, 0.1) is 0 Å². The number of fused-ring (bicyclic) bond motifs is 4. The normalized spacial score (nSPS) is 11.6. The van der Waals surface area contributed by atoms with E-state index in [1.54, 1.807) is 7.11 Å². The number of methoxy groups -OCH3 is 1. The van der Waals surface area contributed by atoms with Crippen molar-refractivity contribution in [3.05, 3.63) is 60.7 Å². The van der Waals surface area contributed by atoms with Crippen molar-refractivity contribution in [1.29, 1.82) is 0 Å². The number of anilines is 1. The van der Waals surface area contributed by atoms with Gasteiger partial charge in [0.15, 0.2) is 0 Å². The molecular formula is C23H20N2O2. The SMILES string of the molecule is CCn1c(-c2cccc3c2oc2ccccc23)c(N)c2ccc(OC)cc21. The smallest absolute Gasteiger partial charge is 0.144 e. The molecule has 4 heteroatoms. The van der Waals surface area contributed by atoms with Crippen LogP contribution >= 0.6 is 0 Å². The molecule has 0 aliphatic carbocycles. The maximum atomic E-state index is 6.62. The van der Waals surface area contributed by atoms with Crippen molar-refractivity contribution >= 4 is 38.5 Å². The molecule has 0 radical (unpaired) electrons. The monoisotopic (exact) mass is 356 g/mol. The number of aromatic nitrogens is 1. The van der Waals surface area contributed by atoms with E-state index in [1.165, 1.54) is 0 Å². The third kappa shape index (κ3) is 2.16. The van der Waals surface area contributed by atoms with Gasteiger partial charge in [0.25, 0.3) is 0 Å². The molecular weight excluding hydrogens is 336 g/mol. The minimum atomic E-state index is 0.766. The number of hydrogen-bond donors (Lipinski definition) is 1. The minimum absolute atomic E-state index is 0.766. The van der Waals surface area contributed by atoms with Gasteiger partial charge >= 0.3 is 0 Å². The van der Waals surface area contributed by atoms with Gasteiger partial charge in [0.1, 0.15) is 16.9 Å². The van der Waals surface area contributed by atoms with Crippen molar-refractivity contribution in [2.75, 3.05) is 12.8 Å². The molecule has 0 spiro atoms. The summed E-state index contributed by atoms with van der Waals surface area (Å²) in [6.45, 7) is 2.92. The number of ether oxygens (including phenoxy) is 1. The van der Waals surface area contributed by atoms with E-state index in [1.807, 2.05) is 36.4 Å². The first-order valence-corrected chi connectivity index (χ1v) is 9.09. The summed E-state index contributed by atoms with van der Waals surface area (Å²) < 4.78 is 13.9. The summed E-state index contributed by atoms with van der Waals surface area (Å²) in [5, 5.41) is 3.25. The van der Waals surface area contributed by atoms with E-state index in [-0.39, 0.29) is 0 Å². The van der Waals surface area contributed by atoms with Crippen LogP contribution in [0.1, 0.15) is 6.92 Å². The Balaban J connectivity index is 1.90. The number of para-hydroxylation sites is 2. The lowest BCUT2D eigenvalue weighted by molar-refractivity contribution is 0.415. The van der Waals surface area contributed by atoms with E-state index in [0.29, 0.717) is 0 Å². The van der Waals surface area contributed by atoms with E-state index in [4.69, 9.17) is 14.9 Å². The first kappa shape index (κ1) is 15.8. The Morgan fingerprint density at radius 3 is 2.59 bits per heavy atom. The average Bonchev–Trinajstić information content (AvgIpc) is 3.22. The summed E-state index contributed by atoms with van der Waals surface area (Å²) >= 11 is 0. The quantitative estimate of drug-likeness (QED) is 0.443. The Morgan fingerprint density at radius 1 is 0.963 bits per heavy atom. The fraction of sp³-hybridized carbons (Fsp3) is 0.130. The van der Waals surface area contributed by atoms with Crippen molar-refractivity contribution in [1.82, 2.24) is 4.57 Å².